The first kappa shape index (κ1) is 17.8. The molecule has 26 heavy (non-hydrogen) atoms. The van der Waals surface area contributed by atoms with Gasteiger partial charge in [-0.3, -0.25) is 9.48 Å². The molecule has 0 saturated carbocycles. The summed E-state index contributed by atoms with van der Waals surface area (Å²) in [4.78, 5) is 12.4. The van der Waals surface area contributed by atoms with E-state index in [1.807, 2.05) is 30.3 Å². The molecule has 8 heteroatoms. The average molecular weight is 370 g/mol. The molecule has 0 radical (unpaired) electrons. The fraction of sp³-hybridized carbons (Fsp3) is 0.111. The third-order valence-electron chi connectivity index (χ3n) is 3.68. The van der Waals surface area contributed by atoms with Crippen molar-refractivity contribution in [1.82, 2.24) is 14.5 Å². The lowest BCUT2D eigenvalue weighted by Crippen LogP contribution is -2.23. The van der Waals surface area contributed by atoms with Gasteiger partial charge in [0.2, 0.25) is 10.0 Å². The summed E-state index contributed by atoms with van der Waals surface area (Å²) in [7, 11) is -1.99. The lowest BCUT2D eigenvalue weighted by Gasteiger charge is -2.09. The topological polar surface area (TPSA) is 93.1 Å². The van der Waals surface area contributed by atoms with E-state index in [2.05, 4.69) is 15.1 Å². The molecule has 1 aromatic heterocycles. The van der Waals surface area contributed by atoms with Crippen molar-refractivity contribution in [2.24, 2.45) is 7.05 Å². The maximum atomic E-state index is 12.5. The molecule has 3 aromatic rings. The zero-order valence-corrected chi connectivity index (χ0v) is 14.9. The van der Waals surface area contributed by atoms with Crippen LogP contribution in [-0.2, 0) is 23.6 Å². The van der Waals surface area contributed by atoms with Gasteiger partial charge in [0, 0.05) is 25.4 Å². The Labute approximate surface area is 151 Å². The SMILES string of the molecule is Cn1cc(NC(=O)c2cccc(S(=O)(=O)NCc3ccccc3)c2)cn1. The minimum atomic E-state index is -3.73. The molecule has 2 N–H and O–H groups in total. The summed E-state index contributed by atoms with van der Waals surface area (Å²) in [6.45, 7) is 0.176. The molecule has 134 valence electrons. The summed E-state index contributed by atoms with van der Waals surface area (Å²) in [5.41, 5.74) is 1.63. The Hall–Kier alpha value is -2.97. The number of sulfonamides is 1. The molecule has 0 aliphatic carbocycles. The molecule has 0 aliphatic rings. The number of benzene rings is 2. The monoisotopic (exact) mass is 370 g/mol. The molecule has 0 unspecified atom stereocenters. The van der Waals surface area contributed by atoms with Crippen LogP contribution >= 0.6 is 0 Å². The molecule has 0 bridgehead atoms. The van der Waals surface area contributed by atoms with Gasteiger partial charge in [-0.2, -0.15) is 5.10 Å². The van der Waals surface area contributed by atoms with Crippen molar-refractivity contribution in [3.8, 4) is 0 Å². The third kappa shape index (κ3) is 4.35. The lowest BCUT2D eigenvalue weighted by molar-refractivity contribution is 0.102. The van der Waals surface area contributed by atoms with Gasteiger partial charge in [-0.15, -0.1) is 0 Å². The Morgan fingerprint density at radius 1 is 1.12 bits per heavy atom. The first-order valence-electron chi connectivity index (χ1n) is 7.88. The Bertz CT molecular complexity index is 1010. The number of hydrogen-bond donors (Lipinski definition) is 2. The Kier molecular flexibility index (Phi) is 5.15. The maximum Gasteiger partial charge on any atom is 0.255 e. The number of rotatable bonds is 6. The summed E-state index contributed by atoms with van der Waals surface area (Å²) in [5, 5.41) is 6.65. The van der Waals surface area contributed by atoms with E-state index in [-0.39, 0.29) is 17.0 Å². The molecule has 0 atom stereocenters. The van der Waals surface area contributed by atoms with E-state index in [4.69, 9.17) is 0 Å². The normalized spacial score (nSPS) is 11.3. The van der Waals surface area contributed by atoms with E-state index in [1.54, 1.807) is 24.0 Å². The zero-order chi connectivity index (χ0) is 18.6. The highest BCUT2D eigenvalue weighted by atomic mass is 32.2. The van der Waals surface area contributed by atoms with Crippen molar-refractivity contribution in [1.29, 1.82) is 0 Å². The van der Waals surface area contributed by atoms with Crippen molar-refractivity contribution in [2.45, 2.75) is 11.4 Å². The first-order chi connectivity index (χ1) is 12.4. The van der Waals surface area contributed by atoms with Gasteiger partial charge >= 0.3 is 0 Å². The number of carbonyl (C=O) groups is 1. The number of carbonyl (C=O) groups excluding carboxylic acids is 1. The van der Waals surface area contributed by atoms with Crippen molar-refractivity contribution in [3.63, 3.8) is 0 Å². The number of hydrogen-bond acceptors (Lipinski definition) is 4. The molecule has 0 aliphatic heterocycles. The van der Waals surface area contributed by atoms with Crippen LogP contribution in [0.3, 0.4) is 0 Å². The van der Waals surface area contributed by atoms with Gasteiger partial charge < -0.3 is 5.32 Å². The summed E-state index contributed by atoms with van der Waals surface area (Å²) in [5.74, 6) is -0.405. The predicted octanol–water partition coefficient (Wildman–Crippen LogP) is 2.15. The van der Waals surface area contributed by atoms with E-state index in [0.29, 0.717) is 5.69 Å². The van der Waals surface area contributed by atoms with Crippen LogP contribution in [0.4, 0.5) is 5.69 Å². The van der Waals surface area contributed by atoms with Crippen LogP contribution in [0, 0.1) is 0 Å². The van der Waals surface area contributed by atoms with E-state index in [9.17, 15) is 13.2 Å². The van der Waals surface area contributed by atoms with Crippen LogP contribution in [0.2, 0.25) is 0 Å². The van der Waals surface area contributed by atoms with Crippen LogP contribution in [0.25, 0.3) is 0 Å². The molecule has 7 nitrogen and oxygen atoms in total. The van der Waals surface area contributed by atoms with Gasteiger partial charge in [-0.05, 0) is 23.8 Å². The average Bonchev–Trinajstić information content (AvgIpc) is 3.06. The molecule has 0 fully saturated rings. The van der Waals surface area contributed by atoms with Crippen LogP contribution in [-0.4, -0.2) is 24.1 Å². The second-order valence-corrected chi connectivity index (χ2v) is 7.46. The van der Waals surface area contributed by atoms with E-state index >= 15 is 0 Å². The van der Waals surface area contributed by atoms with Gasteiger partial charge in [0.05, 0.1) is 16.8 Å². The largest absolute Gasteiger partial charge is 0.319 e. The van der Waals surface area contributed by atoms with Crippen molar-refractivity contribution in [3.05, 3.63) is 78.1 Å². The highest BCUT2D eigenvalue weighted by molar-refractivity contribution is 7.89. The highest BCUT2D eigenvalue weighted by Crippen LogP contribution is 2.14. The summed E-state index contributed by atoms with van der Waals surface area (Å²) < 4.78 is 29.1. The van der Waals surface area contributed by atoms with Crippen molar-refractivity contribution < 1.29 is 13.2 Å². The molecule has 1 amide bonds. The molecular formula is C18H18N4O3S. The number of nitrogens with zero attached hydrogens (tertiary/aromatic N) is 2. The smallest absolute Gasteiger partial charge is 0.255 e. The summed E-state index contributed by atoms with van der Waals surface area (Å²) in [6.07, 6.45) is 3.17. The minimum Gasteiger partial charge on any atom is -0.319 e. The van der Waals surface area contributed by atoms with Gasteiger partial charge in [0.1, 0.15) is 0 Å². The fourth-order valence-electron chi connectivity index (χ4n) is 2.35. The third-order valence-corrected chi connectivity index (χ3v) is 5.08. The Balaban J connectivity index is 1.74. The van der Waals surface area contributed by atoms with E-state index in [1.165, 1.54) is 24.4 Å². The fourth-order valence-corrected chi connectivity index (χ4v) is 3.41. The number of anilines is 1. The summed E-state index contributed by atoms with van der Waals surface area (Å²) >= 11 is 0. The molecule has 3 rings (SSSR count). The van der Waals surface area contributed by atoms with Crippen LogP contribution in [0.5, 0.6) is 0 Å². The predicted molar refractivity (Wildman–Crippen MR) is 98.1 cm³/mol. The van der Waals surface area contributed by atoms with Crippen molar-refractivity contribution >= 4 is 21.6 Å². The lowest BCUT2D eigenvalue weighted by atomic mass is 10.2. The standard InChI is InChI=1S/C18H18N4O3S/c1-22-13-16(12-19-22)21-18(23)15-8-5-9-17(10-15)26(24,25)20-11-14-6-3-2-4-7-14/h2-10,12-13,20H,11H2,1H3,(H,21,23). The second kappa shape index (κ2) is 7.51. The van der Waals surface area contributed by atoms with E-state index in [0.717, 1.165) is 5.56 Å². The number of aromatic nitrogens is 2. The van der Waals surface area contributed by atoms with E-state index < -0.39 is 15.9 Å². The maximum absolute atomic E-state index is 12.5. The van der Waals surface area contributed by atoms with Gasteiger partial charge in [0.25, 0.3) is 5.91 Å². The molecular weight excluding hydrogens is 352 g/mol. The number of amides is 1. The Morgan fingerprint density at radius 2 is 1.88 bits per heavy atom. The molecule has 0 saturated heterocycles. The zero-order valence-electron chi connectivity index (χ0n) is 14.1. The molecule has 1 heterocycles. The Morgan fingerprint density at radius 3 is 2.58 bits per heavy atom. The number of aryl methyl sites for hydroxylation is 1. The molecule has 0 spiro atoms. The van der Waals surface area contributed by atoms with Gasteiger partial charge in [-0.1, -0.05) is 36.4 Å². The van der Waals surface area contributed by atoms with Gasteiger partial charge in [-0.25, -0.2) is 13.1 Å². The highest BCUT2D eigenvalue weighted by Gasteiger charge is 2.16. The summed E-state index contributed by atoms with van der Waals surface area (Å²) in [6, 6.07) is 15.1. The number of nitrogens with one attached hydrogen (secondary N) is 2. The van der Waals surface area contributed by atoms with Crippen molar-refractivity contribution in [2.75, 3.05) is 5.32 Å². The first-order valence-corrected chi connectivity index (χ1v) is 9.36. The van der Waals surface area contributed by atoms with Crippen LogP contribution < -0.4 is 10.0 Å². The van der Waals surface area contributed by atoms with Gasteiger partial charge in [0.15, 0.2) is 0 Å². The second-order valence-electron chi connectivity index (χ2n) is 5.69. The molecule has 2 aromatic carbocycles. The quantitative estimate of drug-likeness (QED) is 0.695. The minimum absolute atomic E-state index is 0.0345. The van der Waals surface area contributed by atoms with Crippen LogP contribution in [0.1, 0.15) is 15.9 Å². The van der Waals surface area contributed by atoms with Crippen LogP contribution in [0.15, 0.2) is 71.9 Å².